The third-order valence-corrected chi connectivity index (χ3v) is 5.02. The third-order valence-electron chi connectivity index (χ3n) is 3.97. The first kappa shape index (κ1) is 16.1. The Morgan fingerprint density at radius 2 is 2.00 bits per heavy atom. The minimum absolute atomic E-state index is 0.334. The average molecular weight is 311 g/mol. The molecular formula is C17H17N3OS. The van der Waals surface area contributed by atoms with E-state index in [0.29, 0.717) is 16.4 Å². The summed E-state index contributed by atoms with van der Waals surface area (Å²) in [7, 11) is 0. The Morgan fingerprint density at radius 1 is 1.32 bits per heavy atom. The van der Waals surface area contributed by atoms with Gasteiger partial charge in [-0.25, -0.2) is 0 Å². The van der Waals surface area contributed by atoms with Crippen molar-refractivity contribution in [1.82, 2.24) is 5.32 Å². The third kappa shape index (κ3) is 2.86. The Morgan fingerprint density at radius 3 is 2.59 bits per heavy atom. The van der Waals surface area contributed by atoms with Crippen LogP contribution in [0.4, 0.5) is 0 Å². The van der Waals surface area contributed by atoms with Crippen LogP contribution in [0.1, 0.15) is 25.0 Å². The molecule has 1 heterocycles. The van der Waals surface area contributed by atoms with Gasteiger partial charge in [-0.3, -0.25) is 4.79 Å². The van der Waals surface area contributed by atoms with Gasteiger partial charge in [-0.05, 0) is 18.1 Å². The predicted molar refractivity (Wildman–Crippen MR) is 86.1 cm³/mol. The number of nitrogens with one attached hydrogen (secondary N) is 1. The van der Waals surface area contributed by atoms with Crippen LogP contribution in [0.3, 0.4) is 0 Å². The molecule has 4 nitrogen and oxygen atoms in total. The molecule has 0 bridgehead atoms. The van der Waals surface area contributed by atoms with E-state index < -0.39 is 11.3 Å². The van der Waals surface area contributed by atoms with Gasteiger partial charge >= 0.3 is 0 Å². The molecule has 1 aliphatic rings. The van der Waals surface area contributed by atoms with E-state index in [1.165, 1.54) is 17.3 Å². The first-order chi connectivity index (χ1) is 10.4. The van der Waals surface area contributed by atoms with Crippen molar-refractivity contribution in [3.05, 3.63) is 46.0 Å². The highest BCUT2D eigenvalue weighted by Gasteiger charge is 2.44. The van der Waals surface area contributed by atoms with Crippen LogP contribution >= 0.6 is 11.8 Å². The van der Waals surface area contributed by atoms with E-state index >= 15 is 0 Å². The maximum absolute atomic E-state index is 12.1. The highest BCUT2D eigenvalue weighted by Crippen LogP contribution is 2.42. The Kier molecular flexibility index (Phi) is 4.59. The van der Waals surface area contributed by atoms with Crippen molar-refractivity contribution >= 4 is 17.7 Å². The lowest BCUT2D eigenvalue weighted by Gasteiger charge is -2.34. The second kappa shape index (κ2) is 6.25. The normalized spacial score (nSPS) is 20.0. The molecule has 1 unspecified atom stereocenters. The van der Waals surface area contributed by atoms with Crippen LogP contribution < -0.4 is 5.32 Å². The molecule has 1 aromatic rings. The first-order valence-electron chi connectivity index (χ1n) is 6.94. The summed E-state index contributed by atoms with van der Waals surface area (Å²) < 4.78 is 0. The lowest BCUT2D eigenvalue weighted by atomic mass is 9.72. The molecule has 0 saturated heterocycles. The topological polar surface area (TPSA) is 76.7 Å². The molecule has 22 heavy (non-hydrogen) atoms. The van der Waals surface area contributed by atoms with E-state index in [-0.39, 0.29) is 5.91 Å². The maximum Gasteiger partial charge on any atom is 0.243 e. The molecule has 112 valence electrons. The van der Waals surface area contributed by atoms with Gasteiger partial charge in [-0.1, -0.05) is 38.1 Å². The summed E-state index contributed by atoms with van der Waals surface area (Å²) in [6.45, 7) is 5.57. The number of benzene rings is 1. The van der Waals surface area contributed by atoms with Crippen LogP contribution in [0.25, 0.3) is 0 Å². The number of thioether (sulfide) groups is 1. The number of carbonyl (C=O) groups excluding carboxylic acids is 1. The molecule has 1 atom stereocenters. The average Bonchev–Trinajstić information content (AvgIpc) is 2.46. The minimum atomic E-state index is -0.843. The summed E-state index contributed by atoms with van der Waals surface area (Å²) in [5.41, 5.74) is 2.02. The summed E-state index contributed by atoms with van der Waals surface area (Å²) in [5.74, 6) is -0.510. The van der Waals surface area contributed by atoms with Crippen molar-refractivity contribution in [2.75, 3.05) is 0 Å². The van der Waals surface area contributed by atoms with Gasteiger partial charge in [0.2, 0.25) is 5.91 Å². The number of amides is 1. The standard InChI is InChI=1S/C17H17N3OS/c1-11-6-4-5-7-12(11)10-22-16-14(9-19)17(2,3)13(8-18)15(21)20-16/h4-7,13H,10H2,1-3H3,(H,20,21). The summed E-state index contributed by atoms with van der Waals surface area (Å²) in [6, 6.07) is 12.2. The van der Waals surface area contributed by atoms with Crippen molar-refractivity contribution in [3.63, 3.8) is 0 Å². The number of hydrogen-bond donors (Lipinski definition) is 1. The Bertz CT molecular complexity index is 722. The van der Waals surface area contributed by atoms with Crippen LogP contribution in [0, 0.1) is 40.9 Å². The number of allylic oxidation sites excluding steroid dienone is 1. The van der Waals surface area contributed by atoms with Gasteiger partial charge < -0.3 is 5.32 Å². The van der Waals surface area contributed by atoms with Gasteiger partial charge in [0.25, 0.3) is 0 Å². The fourth-order valence-electron chi connectivity index (χ4n) is 2.46. The van der Waals surface area contributed by atoms with Crippen molar-refractivity contribution in [3.8, 4) is 12.1 Å². The fraction of sp³-hybridized carbons (Fsp3) is 0.353. The summed E-state index contributed by atoms with van der Waals surface area (Å²) >= 11 is 1.43. The summed E-state index contributed by atoms with van der Waals surface area (Å²) in [6.07, 6.45) is 0. The number of nitrogens with zero attached hydrogens (tertiary/aromatic N) is 2. The molecular weight excluding hydrogens is 294 g/mol. The largest absolute Gasteiger partial charge is 0.319 e. The van der Waals surface area contributed by atoms with Crippen molar-refractivity contribution in [1.29, 1.82) is 10.5 Å². The van der Waals surface area contributed by atoms with Gasteiger partial charge in [-0.2, -0.15) is 10.5 Å². The van der Waals surface area contributed by atoms with E-state index in [2.05, 4.69) is 11.4 Å². The van der Waals surface area contributed by atoms with Crippen LogP contribution in [0.5, 0.6) is 0 Å². The van der Waals surface area contributed by atoms with Crippen LogP contribution in [-0.4, -0.2) is 5.91 Å². The molecule has 1 aromatic carbocycles. The molecule has 1 amide bonds. The first-order valence-corrected chi connectivity index (χ1v) is 7.93. The molecule has 1 aliphatic heterocycles. The van der Waals surface area contributed by atoms with Gasteiger partial charge in [0.15, 0.2) is 0 Å². The Hall–Kier alpha value is -2.24. The maximum atomic E-state index is 12.1. The zero-order valence-corrected chi connectivity index (χ0v) is 13.6. The second-order valence-corrected chi connectivity index (χ2v) is 6.79. The van der Waals surface area contributed by atoms with Crippen molar-refractivity contribution in [2.24, 2.45) is 11.3 Å². The SMILES string of the molecule is Cc1ccccc1CSC1=C(C#N)C(C)(C)C(C#N)C(=O)N1. The molecule has 1 N–H and O–H groups in total. The van der Waals surface area contributed by atoms with E-state index in [4.69, 9.17) is 0 Å². The number of nitriles is 2. The smallest absolute Gasteiger partial charge is 0.243 e. The van der Waals surface area contributed by atoms with Gasteiger partial charge in [0.1, 0.15) is 5.92 Å². The molecule has 2 rings (SSSR count). The van der Waals surface area contributed by atoms with Gasteiger partial charge in [0, 0.05) is 11.2 Å². The summed E-state index contributed by atoms with van der Waals surface area (Å²) in [4.78, 5) is 12.1. The zero-order valence-electron chi connectivity index (χ0n) is 12.8. The van der Waals surface area contributed by atoms with Crippen LogP contribution in [0.15, 0.2) is 34.9 Å². The predicted octanol–water partition coefficient (Wildman–Crippen LogP) is 3.26. The molecule has 0 saturated carbocycles. The van der Waals surface area contributed by atoms with E-state index in [0.717, 1.165) is 5.56 Å². The minimum Gasteiger partial charge on any atom is -0.319 e. The summed E-state index contributed by atoms with van der Waals surface area (Å²) in [5, 5.41) is 21.9. The number of carbonyl (C=O) groups is 1. The number of aryl methyl sites for hydroxylation is 1. The monoisotopic (exact) mass is 311 g/mol. The van der Waals surface area contributed by atoms with E-state index in [9.17, 15) is 15.3 Å². The van der Waals surface area contributed by atoms with E-state index in [1.807, 2.05) is 37.3 Å². The lowest BCUT2D eigenvalue weighted by Crippen LogP contribution is -2.44. The van der Waals surface area contributed by atoms with Crippen LogP contribution in [-0.2, 0) is 10.5 Å². The van der Waals surface area contributed by atoms with Gasteiger partial charge in [-0.15, -0.1) is 11.8 Å². The molecule has 0 aromatic heterocycles. The molecule has 0 aliphatic carbocycles. The number of rotatable bonds is 3. The molecule has 0 radical (unpaired) electrons. The van der Waals surface area contributed by atoms with E-state index in [1.54, 1.807) is 13.8 Å². The van der Waals surface area contributed by atoms with Crippen LogP contribution in [0.2, 0.25) is 0 Å². The highest BCUT2D eigenvalue weighted by atomic mass is 32.2. The fourth-order valence-corrected chi connectivity index (χ4v) is 3.71. The van der Waals surface area contributed by atoms with Crippen molar-refractivity contribution < 1.29 is 4.79 Å². The highest BCUT2D eigenvalue weighted by molar-refractivity contribution is 8.02. The quantitative estimate of drug-likeness (QED) is 0.929. The Labute approximate surface area is 134 Å². The molecule has 5 heteroatoms. The van der Waals surface area contributed by atoms with Crippen molar-refractivity contribution in [2.45, 2.75) is 26.5 Å². The molecule has 0 spiro atoms. The lowest BCUT2D eigenvalue weighted by molar-refractivity contribution is -0.125. The number of hydrogen-bond acceptors (Lipinski definition) is 4. The van der Waals surface area contributed by atoms with Gasteiger partial charge in [0.05, 0.1) is 22.7 Å². The Balaban J connectivity index is 2.31. The zero-order chi connectivity index (χ0) is 16.3. The second-order valence-electron chi connectivity index (χ2n) is 5.80. The molecule has 0 fully saturated rings.